The molecule has 2 heterocycles. The van der Waals surface area contributed by atoms with E-state index in [4.69, 9.17) is 9.15 Å². The summed E-state index contributed by atoms with van der Waals surface area (Å²) in [5.41, 5.74) is 4.95. The van der Waals surface area contributed by atoms with Crippen LogP contribution in [-0.2, 0) is 7.05 Å². The van der Waals surface area contributed by atoms with Crippen LogP contribution in [0.2, 0.25) is 0 Å². The quantitative estimate of drug-likeness (QED) is 0.394. The van der Waals surface area contributed by atoms with Gasteiger partial charge in [-0.1, -0.05) is 42.5 Å². The number of benzene rings is 3. The highest BCUT2D eigenvalue weighted by atomic mass is 16.5. The topological polar surface area (TPSA) is 56.4 Å². The summed E-state index contributed by atoms with van der Waals surface area (Å²) in [6.07, 6.45) is 0. The monoisotopic (exact) mass is 410 g/mol. The lowest BCUT2D eigenvalue weighted by molar-refractivity contribution is 0.415. The SMILES string of the molecule is COc1ccc(-c2c(Nc3ccccc3C)oc3c2c(=O)n(C)c2ccccc32)cc1. The fourth-order valence-corrected chi connectivity index (χ4v) is 4.02. The summed E-state index contributed by atoms with van der Waals surface area (Å²) in [5, 5.41) is 4.88. The fraction of sp³-hybridized carbons (Fsp3) is 0.115. The largest absolute Gasteiger partial charge is 0.497 e. The Morgan fingerprint density at radius 3 is 2.39 bits per heavy atom. The number of fused-ring (bicyclic) bond motifs is 3. The van der Waals surface area contributed by atoms with Gasteiger partial charge in [-0.2, -0.15) is 0 Å². The lowest BCUT2D eigenvalue weighted by Gasteiger charge is -2.10. The van der Waals surface area contributed by atoms with E-state index in [1.807, 2.05) is 79.7 Å². The van der Waals surface area contributed by atoms with Crippen molar-refractivity contribution in [2.45, 2.75) is 6.92 Å². The van der Waals surface area contributed by atoms with Crippen molar-refractivity contribution in [1.82, 2.24) is 4.57 Å². The lowest BCUT2D eigenvalue weighted by atomic mass is 10.0. The van der Waals surface area contributed by atoms with Gasteiger partial charge in [0.2, 0.25) is 5.88 Å². The molecule has 5 heteroatoms. The highest BCUT2D eigenvalue weighted by Gasteiger charge is 2.23. The molecule has 0 spiro atoms. The Kier molecular flexibility index (Phi) is 4.51. The van der Waals surface area contributed by atoms with Gasteiger partial charge in [-0.25, -0.2) is 0 Å². The average Bonchev–Trinajstić information content (AvgIpc) is 3.18. The second-order valence-electron chi connectivity index (χ2n) is 7.56. The molecule has 0 amide bonds. The van der Waals surface area contributed by atoms with E-state index in [9.17, 15) is 4.79 Å². The van der Waals surface area contributed by atoms with Crippen LogP contribution in [-0.4, -0.2) is 11.7 Å². The maximum absolute atomic E-state index is 13.4. The third kappa shape index (κ3) is 3.06. The molecule has 0 aliphatic rings. The normalized spacial score (nSPS) is 11.2. The number of hydrogen-bond acceptors (Lipinski definition) is 4. The van der Waals surface area contributed by atoms with Gasteiger partial charge in [0.15, 0.2) is 5.58 Å². The molecule has 0 unspecified atom stereocenters. The van der Waals surface area contributed by atoms with Gasteiger partial charge >= 0.3 is 0 Å². The average molecular weight is 410 g/mol. The number of para-hydroxylation sites is 2. The predicted molar refractivity (Wildman–Crippen MR) is 125 cm³/mol. The number of hydrogen-bond donors (Lipinski definition) is 1. The number of nitrogens with zero attached hydrogens (tertiary/aromatic N) is 1. The first kappa shape index (κ1) is 19.0. The maximum Gasteiger partial charge on any atom is 0.262 e. The number of pyridine rings is 1. The van der Waals surface area contributed by atoms with Crippen LogP contribution in [0.25, 0.3) is 33.0 Å². The third-order valence-electron chi connectivity index (χ3n) is 5.71. The van der Waals surface area contributed by atoms with Gasteiger partial charge in [-0.3, -0.25) is 4.79 Å². The molecule has 0 saturated carbocycles. The molecular weight excluding hydrogens is 388 g/mol. The Morgan fingerprint density at radius 1 is 0.935 bits per heavy atom. The molecule has 5 aromatic rings. The van der Waals surface area contributed by atoms with Crippen molar-refractivity contribution in [3.8, 4) is 16.9 Å². The standard InChI is InChI=1S/C26H22N2O3/c1-16-8-4-6-10-20(16)27-25-22(17-12-14-18(30-3)15-13-17)23-24(31-25)19-9-5-7-11-21(19)28(2)26(23)29/h4-15,27H,1-3H3. The molecule has 0 aliphatic carbocycles. The molecule has 0 atom stereocenters. The van der Waals surface area contributed by atoms with E-state index in [0.29, 0.717) is 16.9 Å². The van der Waals surface area contributed by atoms with E-state index < -0.39 is 0 Å². The van der Waals surface area contributed by atoms with Crippen LogP contribution < -0.4 is 15.6 Å². The zero-order valence-corrected chi connectivity index (χ0v) is 17.6. The maximum atomic E-state index is 13.4. The van der Waals surface area contributed by atoms with Crippen LogP contribution in [0.3, 0.4) is 0 Å². The Balaban J connectivity index is 1.86. The van der Waals surface area contributed by atoms with Crippen molar-refractivity contribution in [3.63, 3.8) is 0 Å². The summed E-state index contributed by atoms with van der Waals surface area (Å²) < 4.78 is 13.4. The number of rotatable bonds is 4. The summed E-state index contributed by atoms with van der Waals surface area (Å²) in [4.78, 5) is 13.4. The summed E-state index contributed by atoms with van der Waals surface area (Å²) in [7, 11) is 3.43. The molecule has 31 heavy (non-hydrogen) atoms. The van der Waals surface area contributed by atoms with Gasteiger partial charge in [0.05, 0.1) is 23.6 Å². The van der Waals surface area contributed by atoms with Crippen molar-refractivity contribution in [3.05, 3.63) is 88.7 Å². The van der Waals surface area contributed by atoms with Crippen LogP contribution >= 0.6 is 0 Å². The number of furan rings is 1. The summed E-state index contributed by atoms with van der Waals surface area (Å²) in [5.74, 6) is 1.30. The summed E-state index contributed by atoms with van der Waals surface area (Å²) >= 11 is 0. The molecule has 0 bridgehead atoms. The molecule has 0 aliphatic heterocycles. The summed E-state index contributed by atoms with van der Waals surface area (Å²) in [6.45, 7) is 2.03. The second-order valence-corrected chi connectivity index (χ2v) is 7.56. The van der Waals surface area contributed by atoms with E-state index in [1.54, 1.807) is 18.7 Å². The number of methoxy groups -OCH3 is 1. The Labute approximate surface area is 179 Å². The van der Waals surface area contributed by atoms with Crippen LogP contribution in [0, 0.1) is 6.92 Å². The minimum atomic E-state index is -0.0962. The van der Waals surface area contributed by atoms with Crippen LogP contribution in [0.1, 0.15) is 5.56 Å². The molecule has 5 rings (SSSR count). The van der Waals surface area contributed by atoms with Gasteiger partial charge in [0, 0.05) is 18.1 Å². The van der Waals surface area contributed by atoms with Crippen LogP contribution in [0.4, 0.5) is 11.6 Å². The number of aromatic nitrogens is 1. The van der Waals surface area contributed by atoms with E-state index in [1.165, 1.54) is 0 Å². The molecule has 0 saturated heterocycles. The van der Waals surface area contributed by atoms with Crippen molar-refractivity contribution < 1.29 is 9.15 Å². The molecule has 1 N–H and O–H groups in total. The van der Waals surface area contributed by atoms with Crippen molar-refractivity contribution in [1.29, 1.82) is 0 Å². The number of nitrogens with one attached hydrogen (secondary N) is 1. The number of anilines is 2. The molecule has 154 valence electrons. The van der Waals surface area contributed by atoms with E-state index in [-0.39, 0.29) is 5.56 Å². The highest BCUT2D eigenvalue weighted by molar-refractivity contribution is 6.11. The minimum Gasteiger partial charge on any atom is -0.497 e. The second kappa shape index (κ2) is 7.36. The minimum absolute atomic E-state index is 0.0962. The Hall–Kier alpha value is -3.99. The van der Waals surface area contributed by atoms with Crippen LogP contribution in [0.15, 0.2) is 82.0 Å². The van der Waals surface area contributed by atoms with Crippen molar-refractivity contribution in [2.24, 2.45) is 7.05 Å². The van der Waals surface area contributed by atoms with Gasteiger partial charge in [-0.05, 0) is 48.4 Å². The first-order chi connectivity index (χ1) is 15.1. The van der Waals surface area contributed by atoms with Gasteiger partial charge in [-0.15, -0.1) is 0 Å². The molecule has 5 nitrogen and oxygen atoms in total. The first-order valence-electron chi connectivity index (χ1n) is 10.1. The zero-order chi connectivity index (χ0) is 21.5. The molecule has 0 radical (unpaired) electrons. The van der Waals surface area contributed by atoms with Gasteiger partial charge in [0.1, 0.15) is 5.75 Å². The summed E-state index contributed by atoms with van der Waals surface area (Å²) in [6, 6.07) is 23.4. The van der Waals surface area contributed by atoms with E-state index in [0.717, 1.165) is 39.0 Å². The van der Waals surface area contributed by atoms with E-state index in [2.05, 4.69) is 5.32 Å². The predicted octanol–water partition coefficient (Wildman–Crippen LogP) is 6.01. The van der Waals surface area contributed by atoms with Crippen molar-refractivity contribution in [2.75, 3.05) is 12.4 Å². The smallest absolute Gasteiger partial charge is 0.262 e. The first-order valence-corrected chi connectivity index (χ1v) is 10.1. The molecular formula is C26H22N2O3. The Morgan fingerprint density at radius 2 is 1.65 bits per heavy atom. The lowest BCUT2D eigenvalue weighted by Crippen LogP contribution is -2.17. The van der Waals surface area contributed by atoms with Gasteiger partial charge < -0.3 is 19.0 Å². The number of ether oxygens (including phenoxy) is 1. The van der Waals surface area contributed by atoms with Crippen molar-refractivity contribution >= 4 is 33.4 Å². The number of aryl methyl sites for hydroxylation is 2. The Bertz CT molecular complexity index is 1480. The zero-order valence-electron chi connectivity index (χ0n) is 17.6. The molecule has 2 aromatic heterocycles. The third-order valence-corrected chi connectivity index (χ3v) is 5.71. The van der Waals surface area contributed by atoms with Gasteiger partial charge in [0.25, 0.3) is 5.56 Å². The van der Waals surface area contributed by atoms with Crippen LogP contribution in [0.5, 0.6) is 5.75 Å². The molecule has 0 fully saturated rings. The fourth-order valence-electron chi connectivity index (χ4n) is 4.02. The van der Waals surface area contributed by atoms with E-state index >= 15 is 0 Å². The highest BCUT2D eigenvalue weighted by Crippen LogP contribution is 2.41. The molecule has 3 aromatic carbocycles.